The van der Waals surface area contributed by atoms with Gasteiger partial charge in [-0.25, -0.2) is 0 Å². The van der Waals surface area contributed by atoms with Crippen molar-refractivity contribution in [3.05, 3.63) is 53.4 Å². The Morgan fingerprint density at radius 3 is 2.43 bits per heavy atom. The van der Waals surface area contributed by atoms with Gasteiger partial charge in [-0.15, -0.1) is 21.5 Å². The normalized spacial score (nSPS) is 13.9. The van der Waals surface area contributed by atoms with E-state index in [9.17, 15) is 4.79 Å². The fourth-order valence-corrected chi connectivity index (χ4v) is 4.20. The second-order valence-electron chi connectivity index (χ2n) is 6.99. The number of methoxy groups -OCH3 is 2. The second-order valence-corrected chi connectivity index (χ2v) is 7.94. The van der Waals surface area contributed by atoms with Gasteiger partial charge in [0.1, 0.15) is 5.69 Å². The van der Waals surface area contributed by atoms with Crippen LogP contribution in [0.5, 0.6) is 11.5 Å². The van der Waals surface area contributed by atoms with E-state index in [1.165, 1.54) is 0 Å². The number of hydrogen-bond acceptors (Lipinski definition) is 7. The molecule has 0 saturated carbocycles. The SMILES string of the molecule is COc1ccc(CC(=O)N2CCN(c3ccc(-c4cccs4)nn3)CC2)cc1OC. The first-order valence-corrected chi connectivity index (χ1v) is 10.7. The lowest BCUT2D eigenvalue weighted by molar-refractivity contribution is -0.130. The number of carbonyl (C=O) groups is 1. The molecule has 156 valence electrons. The van der Waals surface area contributed by atoms with Crippen LogP contribution in [0.3, 0.4) is 0 Å². The summed E-state index contributed by atoms with van der Waals surface area (Å²) in [6.07, 6.45) is 0.343. The highest BCUT2D eigenvalue weighted by Gasteiger charge is 2.22. The molecule has 0 radical (unpaired) electrons. The summed E-state index contributed by atoms with van der Waals surface area (Å²) in [4.78, 5) is 17.9. The van der Waals surface area contributed by atoms with E-state index in [1.54, 1.807) is 25.6 Å². The summed E-state index contributed by atoms with van der Waals surface area (Å²) in [5.74, 6) is 2.26. The smallest absolute Gasteiger partial charge is 0.227 e. The van der Waals surface area contributed by atoms with Crippen molar-refractivity contribution in [2.24, 2.45) is 0 Å². The Hall–Kier alpha value is -3.13. The molecule has 1 saturated heterocycles. The van der Waals surface area contributed by atoms with Crippen molar-refractivity contribution in [2.75, 3.05) is 45.3 Å². The van der Waals surface area contributed by atoms with Crippen LogP contribution < -0.4 is 14.4 Å². The zero-order valence-electron chi connectivity index (χ0n) is 17.1. The maximum absolute atomic E-state index is 12.7. The lowest BCUT2D eigenvalue weighted by Crippen LogP contribution is -2.49. The molecule has 2 aromatic heterocycles. The van der Waals surface area contributed by atoms with Gasteiger partial charge in [0.05, 0.1) is 25.5 Å². The molecule has 7 nitrogen and oxygen atoms in total. The van der Waals surface area contributed by atoms with Gasteiger partial charge in [-0.1, -0.05) is 12.1 Å². The number of ether oxygens (including phenoxy) is 2. The maximum atomic E-state index is 12.7. The molecule has 3 aromatic rings. The van der Waals surface area contributed by atoms with Crippen LogP contribution >= 0.6 is 11.3 Å². The molecule has 1 amide bonds. The summed E-state index contributed by atoms with van der Waals surface area (Å²) in [6, 6.07) is 13.6. The lowest BCUT2D eigenvalue weighted by atomic mass is 10.1. The van der Waals surface area contributed by atoms with E-state index in [4.69, 9.17) is 9.47 Å². The molecule has 0 atom stereocenters. The summed E-state index contributed by atoms with van der Waals surface area (Å²) in [5.41, 5.74) is 1.80. The molecule has 0 N–H and O–H groups in total. The Balaban J connectivity index is 1.33. The van der Waals surface area contributed by atoms with E-state index in [2.05, 4.69) is 15.1 Å². The number of piperazine rings is 1. The predicted molar refractivity (Wildman–Crippen MR) is 117 cm³/mol. The van der Waals surface area contributed by atoms with Crippen LogP contribution in [0.2, 0.25) is 0 Å². The number of rotatable bonds is 6. The zero-order valence-corrected chi connectivity index (χ0v) is 17.9. The average molecular weight is 425 g/mol. The quantitative estimate of drug-likeness (QED) is 0.606. The zero-order chi connectivity index (χ0) is 20.9. The van der Waals surface area contributed by atoms with E-state index < -0.39 is 0 Å². The molecule has 1 aliphatic heterocycles. The van der Waals surface area contributed by atoms with Gasteiger partial charge < -0.3 is 19.3 Å². The number of hydrogen-bond donors (Lipinski definition) is 0. The van der Waals surface area contributed by atoms with Crippen LogP contribution in [0.15, 0.2) is 47.8 Å². The van der Waals surface area contributed by atoms with Crippen molar-refractivity contribution in [2.45, 2.75) is 6.42 Å². The van der Waals surface area contributed by atoms with Crippen molar-refractivity contribution >= 4 is 23.1 Å². The third-order valence-corrected chi connectivity index (χ3v) is 6.08. The van der Waals surface area contributed by atoms with E-state index in [1.807, 2.05) is 52.7 Å². The fourth-order valence-electron chi connectivity index (χ4n) is 3.51. The molecule has 1 aliphatic rings. The van der Waals surface area contributed by atoms with Crippen molar-refractivity contribution in [3.63, 3.8) is 0 Å². The molecule has 3 heterocycles. The highest BCUT2D eigenvalue weighted by atomic mass is 32.1. The molecule has 4 rings (SSSR count). The lowest BCUT2D eigenvalue weighted by Gasteiger charge is -2.35. The number of amides is 1. The first kappa shape index (κ1) is 20.2. The first-order valence-electron chi connectivity index (χ1n) is 9.79. The summed E-state index contributed by atoms with van der Waals surface area (Å²) in [5, 5.41) is 10.8. The minimum absolute atomic E-state index is 0.112. The van der Waals surface area contributed by atoms with Crippen LogP contribution in [0.4, 0.5) is 5.82 Å². The van der Waals surface area contributed by atoms with E-state index in [-0.39, 0.29) is 5.91 Å². The minimum atomic E-state index is 0.112. The molecule has 0 spiro atoms. The summed E-state index contributed by atoms with van der Waals surface area (Å²) in [6.45, 7) is 2.82. The Bertz CT molecular complexity index is 984. The third-order valence-electron chi connectivity index (χ3n) is 5.18. The Labute approximate surface area is 179 Å². The predicted octanol–water partition coefficient (Wildman–Crippen LogP) is 3.11. The van der Waals surface area contributed by atoms with Crippen molar-refractivity contribution < 1.29 is 14.3 Å². The maximum Gasteiger partial charge on any atom is 0.227 e. The average Bonchev–Trinajstić information content (AvgIpc) is 3.34. The van der Waals surface area contributed by atoms with E-state index in [0.29, 0.717) is 31.0 Å². The number of nitrogens with zero attached hydrogens (tertiary/aromatic N) is 4. The summed E-state index contributed by atoms with van der Waals surface area (Å²) < 4.78 is 10.6. The largest absolute Gasteiger partial charge is 0.493 e. The van der Waals surface area contributed by atoms with Crippen molar-refractivity contribution in [3.8, 4) is 22.1 Å². The van der Waals surface area contributed by atoms with Gasteiger partial charge >= 0.3 is 0 Å². The molecule has 1 fully saturated rings. The van der Waals surface area contributed by atoms with Gasteiger partial charge in [-0.05, 0) is 41.3 Å². The molecule has 0 aliphatic carbocycles. The minimum Gasteiger partial charge on any atom is -0.493 e. The van der Waals surface area contributed by atoms with E-state index in [0.717, 1.165) is 35.0 Å². The number of thiophene rings is 1. The third kappa shape index (κ3) is 4.38. The van der Waals surface area contributed by atoms with Gasteiger partial charge in [0.2, 0.25) is 5.91 Å². The topological polar surface area (TPSA) is 67.8 Å². The second kappa shape index (κ2) is 9.13. The molecule has 30 heavy (non-hydrogen) atoms. The molecule has 1 aromatic carbocycles. The monoisotopic (exact) mass is 424 g/mol. The highest BCUT2D eigenvalue weighted by Crippen LogP contribution is 2.28. The Morgan fingerprint density at radius 2 is 1.80 bits per heavy atom. The summed E-state index contributed by atoms with van der Waals surface area (Å²) in [7, 11) is 3.20. The Kier molecular flexibility index (Phi) is 6.13. The van der Waals surface area contributed by atoms with Gasteiger partial charge in [-0.2, -0.15) is 0 Å². The van der Waals surface area contributed by atoms with Crippen LogP contribution in [-0.4, -0.2) is 61.4 Å². The van der Waals surface area contributed by atoms with Crippen LogP contribution in [0, 0.1) is 0 Å². The molecular formula is C22H24N4O3S. The van der Waals surface area contributed by atoms with Crippen molar-refractivity contribution in [1.82, 2.24) is 15.1 Å². The Morgan fingerprint density at radius 1 is 1.00 bits per heavy atom. The number of benzene rings is 1. The van der Waals surface area contributed by atoms with Crippen LogP contribution in [0.1, 0.15) is 5.56 Å². The van der Waals surface area contributed by atoms with E-state index >= 15 is 0 Å². The van der Waals surface area contributed by atoms with Gasteiger partial charge in [0.25, 0.3) is 0 Å². The first-order chi connectivity index (χ1) is 14.7. The molecule has 0 unspecified atom stereocenters. The molecule has 8 heteroatoms. The van der Waals surface area contributed by atoms with Crippen LogP contribution in [0.25, 0.3) is 10.6 Å². The highest BCUT2D eigenvalue weighted by molar-refractivity contribution is 7.13. The summed E-state index contributed by atoms with van der Waals surface area (Å²) >= 11 is 1.65. The standard InChI is InChI=1S/C22H24N4O3S/c1-28-18-7-5-16(14-19(18)29-2)15-22(27)26-11-9-25(10-12-26)21-8-6-17(23-24-21)20-4-3-13-30-20/h3-8,13-14H,9-12,15H2,1-2H3. The molecular weight excluding hydrogens is 400 g/mol. The van der Waals surface area contributed by atoms with Gasteiger partial charge in [0, 0.05) is 26.2 Å². The fraction of sp³-hybridized carbons (Fsp3) is 0.318. The number of carbonyl (C=O) groups excluding carboxylic acids is 1. The number of anilines is 1. The molecule has 0 bridgehead atoms. The van der Waals surface area contributed by atoms with Crippen LogP contribution in [-0.2, 0) is 11.2 Å². The van der Waals surface area contributed by atoms with Gasteiger partial charge in [0.15, 0.2) is 17.3 Å². The van der Waals surface area contributed by atoms with Crippen molar-refractivity contribution in [1.29, 1.82) is 0 Å². The van der Waals surface area contributed by atoms with Gasteiger partial charge in [-0.3, -0.25) is 4.79 Å². The number of aromatic nitrogens is 2.